The van der Waals surface area contributed by atoms with Crippen LogP contribution in [0.3, 0.4) is 0 Å². The van der Waals surface area contributed by atoms with Gasteiger partial charge >= 0.3 is 0 Å². The number of hydrogen-bond acceptors (Lipinski definition) is 5. The van der Waals surface area contributed by atoms with Gasteiger partial charge in [0.25, 0.3) is 17.5 Å². The Morgan fingerprint density at radius 1 is 1.22 bits per heavy atom. The highest BCUT2D eigenvalue weighted by Gasteiger charge is 2.16. The quantitative estimate of drug-likeness (QED) is 0.511. The molecule has 2 N–H and O–H groups in total. The first-order valence-electron chi connectivity index (χ1n) is 7.76. The summed E-state index contributed by atoms with van der Waals surface area (Å²) in [5.41, 5.74) is 5.02. The second kappa shape index (κ2) is 9.33. The van der Waals surface area contributed by atoms with Gasteiger partial charge in [0.1, 0.15) is 10.8 Å². The largest absolute Gasteiger partial charge is 0.483 e. The molecular weight excluding hydrogens is 442 g/mol. The summed E-state index contributed by atoms with van der Waals surface area (Å²) < 4.78 is 6.10. The number of carbonyl (C=O) groups excluding carboxylic acids is 2. The van der Waals surface area contributed by atoms with Crippen molar-refractivity contribution in [3.05, 3.63) is 67.1 Å². The van der Waals surface area contributed by atoms with Crippen LogP contribution in [0.2, 0.25) is 5.02 Å². The maximum absolute atomic E-state index is 12.0. The van der Waals surface area contributed by atoms with Crippen LogP contribution in [0.25, 0.3) is 0 Å². The molecular formula is C17H15BrClN3O5. The normalized spacial score (nSPS) is 10.2. The Hall–Kier alpha value is -2.65. The predicted molar refractivity (Wildman–Crippen MR) is 103 cm³/mol. The van der Waals surface area contributed by atoms with Crippen molar-refractivity contribution in [3.8, 4) is 5.75 Å². The Labute approximate surface area is 168 Å². The first-order valence-corrected chi connectivity index (χ1v) is 8.93. The van der Waals surface area contributed by atoms with E-state index in [1.54, 1.807) is 6.07 Å². The van der Waals surface area contributed by atoms with Gasteiger partial charge in [0.05, 0.1) is 9.40 Å². The maximum atomic E-state index is 12.0. The Morgan fingerprint density at radius 3 is 2.59 bits per heavy atom. The molecule has 2 aromatic rings. The Bertz CT molecular complexity index is 891. The minimum atomic E-state index is -0.725. The Morgan fingerprint density at radius 2 is 1.96 bits per heavy atom. The maximum Gasteiger partial charge on any atom is 0.288 e. The summed E-state index contributed by atoms with van der Waals surface area (Å²) in [5, 5.41) is 10.8. The van der Waals surface area contributed by atoms with Crippen molar-refractivity contribution in [1.82, 2.24) is 10.9 Å². The lowest BCUT2D eigenvalue weighted by molar-refractivity contribution is -0.384. The van der Waals surface area contributed by atoms with Crippen molar-refractivity contribution >= 4 is 45.0 Å². The standard InChI is InChI=1S/C17H15BrClN3O5/c1-2-10-3-6-15(12(18)7-10)27-9-16(23)20-21-17(24)11-4-5-13(19)14(8-11)22(25)26/h3-8H,2,9H2,1H3,(H,20,23)(H,21,24). The van der Waals surface area contributed by atoms with E-state index in [1.165, 1.54) is 12.1 Å². The van der Waals surface area contributed by atoms with E-state index >= 15 is 0 Å². The molecule has 0 spiro atoms. The van der Waals surface area contributed by atoms with Crippen LogP contribution in [0.15, 0.2) is 40.9 Å². The van der Waals surface area contributed by atoms with Crippen molar-refractivity contribution < 1.29 is 19.2 Å². The summed E-state index contributed by atoms with van der Waals surface area (Å²) in [6, 6.07) is 9.07. The third-order valence-electron chi connectivity index (χ3n) is 3.48. The van der Waals surface area contributed by atoms with Gasteiger partial charge in [-0.15, -0.1) is 0 Å². The van der Waals surface area contributed by atoms with Gasteiger partial charge < -0.3 is 4.74 Å². The number of ether oxygens (including phenoxy) is 1. The molecule has 0 radical (unpaired) electrons. The fraction of sp³-hybridized carbons (Fsp3) is 0.176. The van der Waals surface area contributed by atoms with Crippen LogP contribution in [-0.2, 0) is 11.2 Å². The molecule has 0 aliphatic rings. The summed E-state index contributed by atoms with van der Waals surface area (Å²) in [6.45, 7) is 1.69. The zero-order valence-electron chi connectivity index (χ0n) is 14.1. The number of carbonyl (C=O) groups is 2. The molecule has 0 atom stereocenters. The number of halogens is 2. The molecule has 0 bridgehead atoms. The van der Waals surface area contributed by atoms with Crippen LogP contribution < -0.4 is 15.6 Å². The number of nitro benzene ring substituents is 1. The summed E-state index contributed by atoms with van der Waals surface area (Å²) in [4.78, 5) is 34.0. The zero-order valence-corrected chi connectivity index (χ0v) is 16.5. The van der Waals surface area contributed by atoms with Gasteiger partial charge in [0.15, 0.2) is 6.61 Å². The molecule has 10 heteroatoms. The zero-order chi connectivity index (χ0) is 20.0. The van der Waals surface area contributed by atoms with E-state index in [0.717, 1.165) is 18.1 Å². The summed E-state index contributed by atoms with van der Waals surface area (Å²) >= 11 is 9.05. The molecule has 0 aromatic heterocycles. The molecule has 0 heterocycles. The first kappa shape index (κ1) is 20.7. The Kier molecular flexibility index (Phi) is 7.14. The summed E-state index contributed by atoms with van der Waals surface area (Å²) in [7, 11) is 0. The van der Waals surface area contributed by atoms with E-state index in [0.29, 0.717) is 10.2 Å². The van der Waals surface area contributed by atoms with Gasteiger partial charge in [0.2, 0.25) is 0 Å². The van der Waals surface area contributed by atoms with Crippen LogP contribution in [0, 0.1) is 10.1 Å². The molecule has 8 nitrogen and oxygen atoms in total. The van der Waals surface area contributed by atoms with Gasteiger partial charge in [0, 0.05) is 11.6 Å². The Balaban J connectivity index is 1.89. The van der Waals surface area contributed by atoms with Crippen molar-refractivity contribution in [1.29, 1.82) is 0 Å². The van der Waals surface area contributed by atoms with E-state index in [1.807, 2.05) is 19.1 Å². The highest BCUT2D eigenvalue weighted by molar-refractivity contribution is 9.10. The average Bonchev–Trinajstić information content (AvgIpc) is 2.65. The van der Waals surface area contributed by atoms with Gasteiger partial charge in [-0.05, 0) is 52.2 Å². The molecule has 0 saturated heterocycles. The SMILES string of the molecule is CCc1ccc(OCC(=O)NNC(=O)c2ccc(Cl)c([N+](=O)[O-])c2)c(Br)c1. The molecule has 27 heavy (non-hydrogen) atoms. The van der Waals surface area contributed by atoms with Gasteiger partial charge in [-0.25, -0.2) is 0 Å². The van der Waals surface area contributed by atoms with Gasteiger partial charge in [-0.2, -0.15) is 0 Å². The van der Waals surface area contributed by atoms with Crippen molar-refractivity contribution in [2.45, 2.75) is 13.3 Å². The van der Waals surface area contributed by atoms with E-state index < -0.39 is 22.4 Å². The van der Waals surface area contributed by atoms with Crippen molar-refractivity contribution in [2.24, 2.45) is 0 Å². The number of aryl methyl sites for hydroxylation is 1. The van der Waals surface area contributed by atoms with E-state index in [4.69, 9.17) is 16.3 Å². The predicted octanol–water partition coefficient (Wildman–Crippen LogP) is 3.41. The van der Waals surface area contributed by atoms with Crippen LogP contribution in [0.5, 0.6) is 5.75 Å². The second-order valence-corrected chi connectivity index (χ2v) is 6.59. The smallest absolute Gasteiger partial charge is 0.288 e. The average molecular weight is 457 g/mol. The third-order valence-corrected chi connectivity index (χ3v) is 4.42. The van der Waals surface area contributed by atoms with Crippen LogP contribution in [0.1, 0.15) is 22.8 Å². The molecule has 2 rings (SSSR count). The first-order chi connectivity index (χ1) is 12.8. The van der Waals surface area contributed by atoms with Crippen molar-refractivity contribution in [2.75, 3.05) is 6.61 Å². The van der Waals surface area contributed by atoms with Crippen molar-refractivity contribution in [3.63, 3.8) is 0 Å². The number of hydrazine groups is 1. The number of nitrogens with zero attached hydrogens (tertiary/aromatic N) is 1. The molecule has 2 aromatic carbocycles. The van der Waals surface area contributed by atoms with Gasteiger partial charge in [-0.1, -0.05) is 24.6 Å². The van der Waals surface area contributed by atoms with Crippen LogP contribution in [-0.4, -0.2) is 23.3 Å². The fourth-order valence-corrected chi connectivity index (χ4v) is 2.78. The van der Waals surface area contributed by atoms with E-state index in [-0.39, 0.29) is 17.2 Å². The molecule has 2 amide bonds. The molecule has 0 aliphatic carbocycles. The summed E-state index contributed by atoms with van der Waals surface area (Å²) in [5.74, 6) is -0.836. The number of nitrogens with one attached hydrogen (secondary N) is 2. The lowest BCUT2D eigenvalue weighted by Crippen LogP contribution is -2.43. The van der Waals surface area contributed by atoms with E-state index in [9.17, 15) is 19.7 Å². The number of benzene rings is 2. The lowest BCUT2D eigenvalue weighted by atomic mass is 10.2. The second-order valence-electron chi connectivity index (χ2n) is 5.33. The molecule has 0 aliphatic heterocycles. The molecule has 142 valence electrons. The topological polar surface area (TPSA) is 111 Å². The highest BCUT2D eigenvalue weighted by atomic mass is 79.9. The number of nitro groups is 1. The minimum absolute atomic E-state index is 0.0229. The van der Waals surface area contributed by atoms with E-state index in [2.05, 4.69) is 26.8 Å². The monoisotopic (exact) mass is 455 g/mol. The number of hydrogen-bond donors (Lipinski definition) is 2. The minimum Gasteiger partial charge on any atom is -0.483 e. The fourth-order valence-electron chi connectivity index (χ4n) is 2.05. The van der Waals surface area contributed by atoms with Crippen LogP contribution >= 0.6 is 27.5 Å². The lowest BCUT2D eigenvalue weighted by Gasteiger charge is -2.10. The summed E-state index contributed by atoms with van der Waals surface area (Å²) in [6.07, 6.45) is 0.869. The molecule has 0 unspecified atom stereocenters. The van der Waals surface area contributed by atoms with Crippen LogP contribution in [0.4, 0.5) is 5.69 Å². The number of amides is 2. The highest BCUT2D eigenvalue weighted by Crippen LogP contribution is 2.26. The molecule has 0 fully saturated rings. The number of rotatable bonds is 6. The van der Waals surface area contributed by atoms with Gasteiger partial charge in [-0.3, -0.25) is 30.6 Å². The molecule has 0 saturated carbocycles. The third kappa shape index (κ3) is 5.66.